The molecule has 2 aromatic carbocycles. The third-order valence-electron chi connectivity index (χ3n) is 4.19. The SMILES string of the molecule is Cc1ccc(-c2csc3ncnc(SCc4c(Cl)ccc(Cl)c4Cl)c23)cc1. The molecule has 4 aromatic rings. The average Bonchev–Trinajstić information content (AvgIpc) is 3.10. The Morgan fingerprint density at radius 1 is 0.963 bits per heavy atom. The molecule has 27 heavy (non-hydrogen) atoms. The molecule has 2 nitrogen and oxygen atoms in total. The molecule has 0 saturated carbocycles. The van der Waals surface area contributed by atoms with E-state index in [1.165, 1.54) is 5.56 Å². The van der Waals surface area contributed by atoms with E-state index in [2.05, 4.69) is 46.5 Å². The maximum absolute atomic E-state index is 6.34. The maximum atomic E-state index is 6.34. The lowest BCUT2D eigenvalue weighted by molar-refractivity contribution is 1.11. The van der Waals surface area contributed by atoms with E-state index in [0.29, 0.717) is 20.8 Å². The Morgan fingerprint density at radius 3 is 2.48 bits per heavy atom. The Labute approximate surface area is 180 Å². The number of thioether (sulfide) groups is 1. The van der Waals surface area contributed by atoms with Gasteiger partial charge in [0.1, 0.15) is 16.2 Å². The fourth-order valence-electron chi connectivity index (χ4n) is 2.74. The van der Waals surface area contributed by atoms with Crippen LogP contribution < -0.4 is 0 Å². The lowest BCUT2D eigenvalue weighted by atomic mass is 10.1. The van der Waals surface area contributed by atoms with Gasteiger partial charge >= 0.3 is 0 Å². The van der Waals surface area contributed by atoms with Crippen LogP contribution in [0.4, 0.5) is 0 Å². The number of fused-ring (bicyclic) bond motifs is 1. The molecule has 2 heterocycles. The van der Waals surface area contributed by atoms with Crippen LogP contribution in [0.5, 0.6) is 0 Å². The number of aryl methyl sites for hydroxylation is 1. The number of thiophene rings is 1. The summed E-state index contributed by atoms with van der Waals surface area (Å²) in [5, 5.41) is 5.69. The molecular formula is C20H13Cl3N2S2. The summed E-state index contributed by atoms with van der Waals surface area (Å²) in [5.74, 6) is 0.577. The summed E-state index contributed by atoms with van der Waals surface area (Å²) in [6.07, 6.45) is 1.60. The lowest BCUT2D eigenvalue weighted by Crippen LogP contribution is -1.90. The van der Waals surface area contributed by atoms with Crippen LogP contribution in [-0.2, 0) is 5.75 Å². The van der Waals surface area contributed by atoms with E-state index in [4.69, 9.17) is 34.8 Å². The molecule has 0 unspecified atom stereocenters. The second kappa shape index (κ2) is 7.98. The quantitative estimate of drug-likeness (QED) is 0.179. The van der Waals surface area contributed by atoms with E-state index in [0.717, 1.165) is 31.9 Å². The van der Waals surface area contributed by atoms with E-state index < -0.39 is 0 Å². The second-order valence-electron chi connectivity index (χ2n) is 5.98. The summed E-state index contributed by atoms with van der Waals surface area (Å²) in [6.45, 7) is 2.08. The molecule has 0 aliphatic rings. The van der Waals surface area contributed by atoms with Crippen molar-refractivity contribution in [2.45, 2.75) is 17.7 Å². The number of hydrogen-bond acceptors (Lipinski definition) is 4. The van der Waals surface area contributed by atoms with Crippen molar-refractivity contribution in [2.24, 2.45) is 0 Å². The van der Waals surface area contributed by atoms with Gasteiger partial charge in [0.15, 0.2) is 0 Å². The van der Waals surface area contributed by atoms with Gasteiger partial charge in [-0.15, -0.1) is 23.1 Å². The van der Waals surface area contributed by atoms with Gasteiger partial charge < -0.3 is 0 Å². The minimum atomic E-state index is 0.492. The predicted octanol–water partition coefficient (Wildman–Crippen LogP) is 7.92. The Balaban J connectivity index is 1.74. The zero-order valence-electron chi connectivity index (χ0n) is 14.2. The molecule has 4 rings (SSSR count). The molecule has 0 atom stereocenters. The van der Waals surface area contributed by atoms with E-state index in [-0.39, 0.29) is 0 Å². The first-order chi connectivity index (χ1) is 13.0. The third-order valence-corrected chi connectivity index (χ3v) is 7.29. The number of aromatic nitrogens is 2. The Kier molecular flexibility index (Phi) is 5.62. The fourth-order valence-corrected chi connectivity index (χ4v) is 5.62. The van der Waals surface area contributed by atoms with Crippen LogP contribution in [0.2, 0.25) is 15.1 Å². The molecule has 0 aliphatic heterocycles. The zero-order chi connectivity index (χ0) is 19.0. The highest BCUT2D eigenvalue weighted by Crippen LogP contribution is 2.41. The third kappa shape index (κ3) is 3.82. The van der Waals surface area contributed by atoms with Crippen LogP contribution in [0.25, 0.3) is 21.3 Å². The Bertz CT molecular complexity index is 1120. The van der Waals surface area contributed by atoms with E-state index >= 15 is 0 Å². The van der Waals surface area contributed by atoms with Crippen molar-refractivity contribution >= 4 is 68.1 Å². The standard InChI is InChI=1S/C20H13Cl3N2S2/c1-11-2-4-12(5-3-11)13-8-26-19-17(13)20(25-10-24-19)27-9-14-15(21)6-7-16(22)18(14)23/h2-8,10H,9H2,1H3. The van der Waals surface area contributed by atoms with Gasteiger partial charge in [0.2, 0.25) is 0 Å². The molecule has 0 saturated heterocycles. The van der Waals surface area contributed by atoms with Crippen molar-refractivity contribution in [2.75, 3.05) is 0 Å². The molecule has 0 radical (unpaired) electrons. The molecule has 136 valence electrons. The van der Waals surface area contributed by atoms with Crippen molar-refractivity contribution in [3.8, 4) is 11.1 Å². The molecular weight excluding hydrogens is 439 g/mol. The van der Waals surface area contributed by atoms with E-state index in [1.54, 1.807) is 41.6 Å². The Morgan fingerprint density at radius 2 is 1.70 bits per heavy atom. The zero-order valence-corrected chi connectivity index (χ0v) is 18.1. The monoisotopic (exact) mass is 450 g/mol. The molecule has 0 fully saturated rings. The first kappa shape index (κ1) is 19.0. The summed E-state index contributed by atoms with van der Waals surface area (Å²) in [6, 6.07) is 12.0. The largest absolute Gasteiger partial charge is 0.229 e. The number of hydrogen-bond donors (Lipinski definition) is 0. The van der Waals surface area contributed by atoms with E-state index in [1.807, 2.05) is 0 Å². The first-order valence-electron chi connectivity index (χ1n) is 8.09. The van der Waals surface area contributed by atoms with Gasteiger partial charge in [0, 0.05) is 27.3 Å². The molecule has 7 heteroatoms. The van der Waals surface area contributed by atoms with Crippen LogP contribution in [0.1, 0.15) is 11.1 Å². The van der Waals surface area contributed by atoms with Gasteiger partial charge in [-0.1, -0.05) is 64.6 Å². The highest BCUT2D eigenvalue weighted by atomic mass is 35.5. The predicted molar refractivity (Wildman–Crippen MR) is 119 cm³/mol. The van der Waals surface area contributed by atoms with Crippen molar-refractivity contribution in [3.63, 3.8) is 0 Å². The number of benzene rings is 2. The summed E-state index contributed by atoms with van der Waals surface area (Å²) in [7, 11) is 0. The summed E-state index contributed by atoms with van der Waals surface area (Å²) < 4.78 is 0. The van der Waals surface area contributed by atoms with Gasteiger partial charge in [-0.2, -0.15) is 0 Å². The Hall–Kier alpha value is -1.30. The van der Waals surface area contributed by atoms with Crippen molar-refractivity contribution in [1.29, 1.82) is 0 Å². The molecule has 2 aromatic heterocycles. The maximum Gasteiger partial charge on any atom is 0.128 e. The molecule has 0 aliphatic carbocycles. The molecule has 0 N–H and O–H groups in total. The van der Waals surface area contributed by atoms with Crippen LogP contribution in [0.3, 0.4) is 0 Å². The summed E-state index contributed by atoms with van der Waals surface area (Å²) >= 11 is 22.0. The first-order valence-corrected chi connectivity index (χ1v) is 11.1. The molecule has 0 bridgehead atoms. The average molecular weight is 452 g/mol. The number of rotatable bonds is 4. The van der Waals surface area contributed by atoms with Gasteiger partial charge in [-0.05, 0) is 24.6 Å². The highest BCUT2D eigenvalue weighted by Gasteiger charge is 2.16. The fraction of sp³-hybridized carbons (Fsp3) is 0.100. The summed E-state index contributed by atoms with van der Waals surface area (Å²) in [5.41, 5.74) is 4.34. The van der Waals surface area contributed by atoms with Crippen molar-refractivity contribution < 1.29 is 0 Å². The highest BCUT2D eigenvalue weighted by molar-refractivity contribution is 7.98. The smallest absolute Gasteiger partial charge is 0.128 e. The number of nitrogens with zero attached hydrogens (tertiary/aromatic N) is 2. The van der Waals surface area contributed by atoms with Gasteiger partial charge in [-0.3, -0.25) is 0 Å². The molecule has 0 amide bonds. The van der Waals surface area contributed by atoms with Crippen LogP contribution in [-0.4, -0.2) is 9.97 Å². The van der Waals surface area contributed by atoms with Crippen molar-refractivity contribution in [3.05, 3.63) is 74.3 Å². The number of halogens is 3. The second-order valence-corrected chi connectivity index (χ2v) is 9.00. The minimum Gasteiger partial charge on any atom is -0.229 e. The van der Waals surface area contributed by atoms with E-state index in [9.17, 15) is 0 Å². The van der Waals surface area contributed by atoms with Gasteiger partial charge in [0.25, 0.3) is 0 Å². The topological polar surface area (TPSA) is 25.8 Å². The van der Waals surface area contributed by atoms with Crippen molar-refractivity contribution in [1.82, 2.24) is 9.97 Å². The molecule has 0 spiro atoms. The van der Waals surface area contributed by atoms with Crippen LogP contribution >= 0.6 is 57.9 Å². The van der Waals surface area contributed by atoms with Crippen LogP contribution in [0, 0.1) is 6.92 Å². The normalized spacial score (nSPS) is 11.3. The summed E-state index contributed by atoms with van der Waals surface area (Å²) in [4.78, 5) is 9.91. The minimum absolute atomic E-state index is 0.492. The lowest BCUT2D eigenvalue weighted by Gasteiger charge is -2.09. The van der Waals surface area contributed by atoms with Gasteiger partial charge in [-0.25, -0.2) is 9.97 Å². The van der Waals surface area contributed by atoms with Gasteiger partial charge in [0.05, 0.1) is 15.4 Å². The van der Waals surface area contributed by atoms with Crippen LogP contribution in [0.15, 0.2) is 53.1 Å².